The molecule has 0 aromatic heterocycles. The minimum Gasteiger partial charge on any atom is -0.460 e. The Kier molecular flexibility index (Phi) is 6.43. The van der Waals surface area contributed by atoms with Crippen LogP contribution in [0.1, 0.15) is 74.7 Å². The fourth-order valence-corrected chi connectivity index (χ4v) is 4.95. The average molecular weight is 387 g/mol. The highest BCUT2D eigenvalue weighted by Crippen LogP contribution is 2.51. The maximum atomic E-state index is 12.6. The Balaban J connectivity index is 1.60. The second kappa shape index (κ2) is 8.64. The van der Waals surface area contributed by atoms with E-state index in [-0.39, 0.29) is 5.41 Å². The standard InChI is InChI=1S/C23H34N2O3/c1-5-6-7-8-9-10-15-28-21(27)20(26)17-11-12-19-18(16-17)23(2)13-14-24(3)22(23)25(19)4/h11-12,16,22H,5-10,13-15H2,1-4H3. The number of carbonyl (C=O) groups is 2. The number of unbranched alkanes of at least 4 members (excludes halogenated alkanes) is 5. The smallest absolute Gasteiger partial charge is 0.379 e. The van der Waals surface area contributed by atoms with Crippen molar-refractivity contribution in [2.75, 3.05) is 32.1 Å². The van der Waals surface area contributed by atoms with Crippen molar-refractivity contribution >= 4 is 17.4 Å². The Bertz CT molecular complexity index is 733. The molecule has 0 amide bonds. The number of ether oxygens (including phenoxy) is 1. The quantitative estimate of drug-likeness (QED) is 0.276. The number of Topliss-reactive ketones (excluding diaryl/α,β-unsaturated/α-hetero) is 1. The van der Waals surface area contributed by atoms with Crippen molar-refractivity contribution in [3.63, 3.8) is 0 Å². The molecular formula is C23H34N2O3. The number of anilines is 1. The fourth-order valence-electron chi connectivity index (χ4n) is 4.95. The Morgan fingerprint density at radius 1 is 1.14 bits per heavy atom. The molecule has 1 saturated heterocycles. The van der Waals surface area contributed by atoms with E-state index in [9.17, 15) is 9.59 Å². The van der Waals surface area contributed by atoms with Gasteiger partial charge >= 0.3 is 5.97 Å². The number of hydrogen-bond donors (Lipinski definition) is 0. The number of likely N-dealkylation sites (tertiary alicyclic amines) is 1. The van der Waals surface area contributed by atoms with Crippen LogP contribution in [0.15, 0.2) is 18.2 Å². The topological polar surface area (TPSA) is 49.9 Å². The predicted octanol–water partition coefficient (Wildman–Crippen LogP) is 4.14. The van der Waals surface area contributed by atoms with E-state index in [0.29, 0.717) is 18.3 Å². The van der Waals surface area contributed by atoms with Crippen molar-refractivity contribution < 1.29 is 14.3 Å². The van der Waals surface area contributed by atoms with E-state index in [4.69, 9.17) is 4.74 Å². The maximum Gasteiger partial charge on any atom is 0.379 e. The molecule has 0 N–H and O–H groups in total. The molecule has 1 aromatic carbocycles. The summed E-state index contributed by atoms with van der Waals surface area (Å²) in [6.07, 6.45) is 8.06. The van der Waals surface area contributed by atoms with E-state index in [1.807, 2.05) is 12.1 Å². The molecule has 0 bridgehead atoms. The Morgan fingerprint density at radius 2 is 1.86 bits per heavy atom. The lowest BCUT2D eigenvalue weighted by atomic mass is 9.80. The number of likely N-dealkylation sites (N-methyl/N-ethyl adjacent to an activating group) is 2. The summed E-state index contributed by atoms with van der Waals surface area (Å²) in [7, 11) is 4.25. The number of hydrogen-bond acceptors (Lipinski definition) is 5. The van der Waals surface area contributed by atoms with Crippen molar-refractivity contribution in [2.24, 2.45) is 0 Å². The molecule has 5 nitrogen and oxygen atoms in total. The highest BCUT2D eigenvalue weighted by Gasteiger charge is 2.52. The molecule has 1 aromatic rings. The molecule has 0 aliphatic carbocycles. The maximum absolute atomic E-state index is 12.6. The van der Waals surface area contributed by atoms with Crippen LogP contribution in [0.25, 0.3) is 0 Å². The van der Waals surface area contributed by atoms with Crippen LogP contribution in [0.4, 0.5) is 5.69 Å². The molecule has 2 heterocycles. The van der Waals surface area contributed by atoms with E-state index in [1.165, 1.54) is 24.8 Å². The lowest BCUT2D eigenvalue weighted by Gasteiger charge is -2.32. The first kappa shape index (κ1) is 20.8. The predicted molar refractivity (Wildman–Crippen MR) is 112 cm³/mol. The van der Waals surface area contributed by atoms with Gasteiger partial charge in [0.2, 0.25) is 0 Å². The van der Waals surface area contributed by atoms with Crippen LogP contribution in [0.5, 0.6) is 0 Å². The summed E-state index contributed by atoms with van der Waals surface area (Å²) in [5, 5.41) is 0. The van der Waals surface area contributed by atoms with Crippen LogP contribution in [0.3, 0.4) is 0 Å². The summed E-state index contributed by atoms with van der Waals surface area (Å²) in [6, 6.07) is 5.65. The molecule has 5 heteroatoms. The molecule has 28 heavy (non-hydrogen) atoms. The van der Waals surface area contributed by atoms with Gasteiger partial charge in [0, 0.05) is 30.3 Å². The van der Waals surface area contributed by atoms with E-state index in [0.717, 1.165) is 37.9 Å². The first-order chi connectivity index (χ1) is 13.4. The lowest BCUT2D eigenvalue weighted by molar-refractivity contribution is -0.138. The second-order valence-corrected chi connectivity index (χ2v) is 8.60. The third kappa shape index (κ3) is 3.82. The van der Waals surface area contributed by atoms with Gasteiger partial charge in [0.05, 0.1) is 12.8 Å². The monoisotopic (exact) mass is 386 g/mol. The van der Waals surface area contributed by atoms with Gasteiger partial charge in [0.25, 0.3) is 5.78 Å². The normalized spacial score (nSPS) is 23.6. The molecule has 0 saturated carbocycles. The van der Waals surface area contributed by atoms with Crippen LogP contribution in [0.2, 0.25) is 0 Å². The second-order valence-electron chi connectivity index (χ2n) is 8.60. The van der Waals surface area contributed by atoms with Crippen molar-refractivity contribution in [1.29, 1.82) is 0 Å². The summed E-state index contributed by atoms with van der Waals surface area (Å²) < 4.78 is 5.23. The minimum atomic E-state index is -0.731. The largest absolute Gasteiger partial charge is 0.460 e. The van der Waals surface area contributed by atoms with Gasteiger partial charge in [0.1, 0.15) is 0 Å². The molecule has 2 aliphatic heterocycles. The van der Waals surface area contributed by atoms with Crippen molar-refractivity contribution in [1.82, 2.24) is 4.90 Å². The fraction of sp³-hybridized carbons (Fsp3) is 0.652. The van der Waals surface area contributed by atoms with Gasteiger partial charge in [-0.15, -0.1) is 0 Å². The van der Waals surface area contributed by atoms with Crippen LogP contribution in [0, 0.1) is 0 Å². The summed E-state index contributed by atoms with van der Waals surface area (Å²) in [5.41, 5.74) is 2.74. The zero-order valence-corrected chi connectivity index (χ0v) is 17.8. The summed E-state index contributed by atoms with van der Waals surface area (Å²) in [5.74, 6) is -1.26. The van der Waals surface area contributed by atoms with Gasteiger partial charge in [0.15, 0.2) is 0 Å². The van der Waals surface area contributed by atoms with Crippen LogP contribution >= 0.6 is 0 Å². The van der Waals surface area contributed by atoms with Gasteiger partial charge in [-0.05, 0) is 43.7 Å². The molecule has 3 rings (SSSR count). The molecular weight excluding hydrogens is 352 g/mol. The van der Waals surface area contributed by atoms with Crippen molar-refractivity contribution in [3.05, 3.63) is 29.3 Å². The van der Waals surface area contributed by atoms with Gasteiger partial charge in [-0.1, -0.05) is 46.0 Å². The van der Waals surface area contributed by atoms with Gasteiger partial charge < -0.3 is 9.64 Å². The third-order valence-electron chi connectivity index (χ3n) is 6.51. The molecule has 0 radical (unpaired) electrons. The van der Waals surface area contributed by atoms with Crippen molar-refractivity contribution in [2.45, 2.75) is 70.4 Å². The third-order valence-corrected chi connectivity index (χ3v) is 6.51. The highest BCUT2D eigenvalue weighted by molar-refractivity contribution is 6.40. The molecule has 2 atom stereocenters. The summed E-state index contributed by atoms with van der Waals surface area (Å²) >= 11 is 0. The van der Waals surface area contributed by atoms with Gasteiger partial charge in [-0.3, -0.25) is 9.69 Å². The number of ketones is 1. The Hall–Kier alpha value is -1.88. The van der Waals surface area contributed by atoms with E-state index >= 15 is 0 Å². The Labute approximate surface area is 169 Å². The molecule has 2 aliphatic rings. The minimum absolute atomic E-state index is 0.0164. The summed E-state index contributed by atoms with van der Waals surface area (Å²) in [4.78, 5) is 29.4. The zero-order chi connectivity index (χ0) is 20.3. The molecule has 154 valence electrons. The van der Waals surface area contributed by atoms with E-state index in [2.05, 4.69) is 37.7 Å². The summed E-state index contributed by atoms with van der Waals surface area (Å²) in [6.45, 7) is 5.81. The lowest BCUT2D eigenvalue weighted by Crippen LogP contribution is -2.45. The van der Waals surface area contributed by atoms with Crippen molar-refractivity contribution in [3.8, 4) is 0 Å². The SMILES string of the molecule is CCCCCCCCOC(=O)C(=O)c1ccc2c(c1)C1(C)CCN(C)C1N2C. The van der Waals surface area contributed by atoms with Gasteiger partial charge in [-0.2, -0.15) is 0 Å². The molecule has 1 fully saturated rings. The number of fused-ring (bicyclic) bond motifs is 3. The zero-order valence-electron chi connectivity index (χ0n) is 17.8. The molecule has 2 unspecified atom stereocenters. The van der Waals surface area contributed by atoms with Gasteiger partial charge in [-0.25, -0.2) is 4.79 Å². The van der Waals surface area contributed by atoms with Crippen LogP contribution in [-0.4, -0.2) is 50.1 Å². The molecule has 0 spiro atoms. The van der Waals surface area contributed by atoms with E-state index < -0.39 is 11.8 Å². The number of benzene rings is 1. The highest BCUT2D eigenvalue weighted by atomic mass is 16.5. The van der Waals surface area contributed by atoms with E-state index in [1.54, 1.807) is 6.07 Å². The number of rotatable bonds is 9. The number of carbonyl (C=O) groups excluding carboxylic acids is 2. The number of nitrogens with zero attached hydrogens (tertiary/aromatic N) is 2. The Morgan fingerprint density at radius 3 is 2.61 bits per heavy atom. The van der Waals surface area contributed by atoms with Crippen LogP contribution < -0.4 is 4.90 Å². The average Bonchev–Trinajstić information content (AvgIpc) is 3.11. The first-order valence-corrected chi connectivity index (χ1v) is 10.7. The first-order valence-electron chi connectivity index (χ1n) is 10.7. The number of esters is 1. The van der Waals surface area contributed by atoms with Crippen LogP contribution in [-0.2, 0) is 14.9 Å².